The molecule has 2 aliphatic rings. The van der Waals surface area contributed by atoms with E-state index in [1.807, 2.05) is 0 Å². The summed E-state index contributed by atoms with van der Waals surface area (Å²) in [5, 5.41) is 0. The van der Waals surface area contributed by atoms with E-state index >= 15 is 0 Å². The van der Waals surface area contributed by atoms with Crippen LogP contribution in [0.15, 0.2) is 24.4 Å². The number of rotatable bonds is 7. The Labute approximate surface area is 132 Å². The molecule has 0 saturated heterocycles. The molecule has 0 spiro atoms. The van der Waals surface area contributed by atoms with Crippen molar-refractivity contribution in [3.05, 3.63) is 24.4 Å². The molecule has 3 unspecified atom stereocenters. The molecule has 0 aromatic heterocycles. The Balaban J connectivity index is 1.88. The highest BCUT2D eigenvalue weighted by Crippen LogP contribution is 2.49. The van der Waals surface area contributed by atoms with Crippen LogP contribution < -0.4 is 0 Å². The topological polar surface area (TPSA) is 3.24 Å². The van der Waals surface area contributed by atoms with Crippen molar-refractivity contribution >= 4 is 0 Å². The molecule has 0 radical (unpaired) electrons. The zero-order valence-corrected chi connectivity index (χ0v) is 14.7. The quantitative estimate of drug-likeness (QED) is 0.548. The van der Waals surface area contributed by atoms with E-state index in [1.54, 1.807) is 0 Å². The fourth-order valence-electron chi connectivity index (χ4n) is 3.71. The minimum Gasteiger partial charge on any atom is -0.375 e. The van der Waals surface area contributed by atoms with Gasteiger partial charge in [-0.15, -0.1) is 0 Å². The van der Waals surface area contributed by atoms with Gasteiger partial charge in [0.15, 0.2) is 0 Å². The van der Waals surface area contributed by atoms with Gasteiger partial charge in [-0.25, -0.2) is 0 Å². The highest BCUT2D eigenvalue weighted by Gasteiger charge is 2.43. The third kappa shape index (κ3) is 4.63. The van der Waals surface area contributed by atoms with Crippen LogP contribution in [-0.2, 0) is 0 Å². The summed E-state index contributed by atoms with van der Waals surface area (Å²) in [4.78, 5) is 2.60. The van der Waals surface area contributed by atoms with E-state index in [9.17, 15) is 0 Å². The van der Waals surface area contributed by atoms with Gasteiger partial charge in [0.05, 0.1) is 0 Å². The maximum atomic E-state index is 4.41. The van der Waals surface area contributed by atoms with Gasteiger partial charge in [0, 0.05) is 24.2 Å². The monoisotopic (exact) mass is 289 g/mol. The van der Waals surface area contributed by atoms with Gasteiger partial charge in [-0.3, -0.25) is 0 Å². The van der Waals surface area contributed by atoms with Gasteiger partial charge < -0.3 is 4.90 Å². The second kappa shape index (κ2) is 7.03. The van der Waals surface area contributed by atoms with Gasteiger partial charge >= 0.3 is 0 Å². The Morgan fingerprint density at radius 3 is 2.62 bits per heavy atom. The molecule has 2 aliphatic carbocycles. The summed E-state index contributed by atoms with van der Waals surface area (Å²) < 4.78 is 0. The minimum absolute atomic E-state index is 0.200. The lowest BCUT2D eigenvalue weighted by molar-refractivity contribution is 0.246. The third-order valence-corrected chi connectivity index (χ3v) is 5.38. The third-order valence-electron chi connectivity index (χ3n) is 5.38. The molecule has 0 bridgehead atoms. The first-order valence-corrected chi connectivity index (χ1v) is 9.02. The van der Waals surface area contributed by atoms with Crippen LogP contribution in [0.5, 0.6) is 0 Å². The minimum atomic E-state index is 0.200. The smallest absolute Gasteiger partial charge is 0.0206 e. The Bertz CT molecular complexity index is 374. The summed E-state index contributed by atoms with van der Waals surface area (Å²) in [5.41, 5.74) is 1.54. The van der Waals surface area contributed by atoms with Crippen LogP contribution in [0.2, 0.25) is 0 Å². The van der Waals surface area contributed by atoms with E-state index in [1.165, 1.54) is 57.3 Å². The molecule has 2 rings (SSSR count). The maximum absolute atomic E-state index is 4.41. The number of allylic oxidation sites excluding steroid dienone is 3. The van der Waals surface area contributed by atoms with Crippen molar-refractivity contribution in [3.63, 3.8) is 0 Å². The molecule has 120 valence electrons. The summed E-state index contributed by atoms with van der Waals surface area (Å²) in [7, 11) is 0. The van der Waals surface area contributed by atoms with E-state index in [-0.39, 0.29) is 5.41 Å². The zero-order valence-electron chi connectivity index (χ0n) is 14.7. The summed E-state index contributed by atoms with van der Waals surface area (Å²) in [5.74, 6) is 2.89. The maximum Gasteiger partial charge on any atom is 0.0206 e. The van der Waals surface area contributed by atoms with Crippen molar-refractivity contribution in [1.82, 2.24) is 4.90 Å². The van der Waals surface area contributed by atoms with Gasteiger partial charge in [-0.2, -0.15) is 0 Å². The second-order valence-corrected chi connectivity index (χ2v) is 8.20. The molecule has 0 amide bonds. The lowest BCUT2D eigenvalue weighted by Gasteiger charge is -2.35. The van der Waals surface area contributed by atoms with Gasteiger partial charge in [-0.1, -0.05) is 52.8 Å². The Morgan fingerprint density at radius 2 is 2.05 bits per heavy atom. The van der Waals surface area contributed by atoms with Crippen LogP contribution in [0.1, 0.15) is 66.2 Å². The molecule has 1 saturated carbocycles. The Kier molecular flexibility index (Phi) is 5.57. The molecule has 21 heavy (non-hydrogen) atoms. The Morgan fingerprint density at radius 1 is 1.29 bits per heavy atom. The molecule has 0 aromatic carbocycles. The molecule has 0 heterocycles. The fourth-order valence-corrected chi connectivity index (χ4v) is 3.71. The van der Waals surface area contributed by atoms with Crippen LogP contribution >= 0.6 is 0 Å². The molecular weight excluding hydrogens is 254 g/mol. The average Bonchev–Trinajstić information content (AvgIpc) is 3.22. The van der Waals surface area contributed by atoms with Crippen molar-refractivity contribution < 1.29 is 0 Å². The lowest BCUT2D eigenvalue weighted by atomic mass is 9.88. The van der Waals surface area contributed by atoms with Crippen LogP contribution in [0, 0.1) is 23.2 Å². The number of hydrogen-bond acceptors (Lipinski definition) is 1. The van der Waals surface area contributed by atoms with Crippen molar-refractivity contribution in [2.24, 2.45) is 23.2 Å². The predicted molar refractivity (Wildman–Crippen MR) is 93.2 cm³/mol. The van der Waals surface area contributed by atoms with E-state index in [4.69, 9.17) is 0 Å². The predicted octanol–water partition coefficient (Wildman–Crippen LogP) is 5.64. The van der Waals surface area contributed by atoms with E-state index in [0.29, 0.717) is 0 Å². The number of hydrogen-bond donors (Lipinski definition) is 0. The van der Waals surface area contributed by atoms with Crippen molar-refractivity contribution in [2.45, 2.75) is 66.2 Å². The summed E-state index contributed by atoms with van der Waals surface area (Å²) in [6.07, 6.45) is 12.9. The van der Waals surface area contributed by atoms with Crippen molar-refractivity contribution in [3.8, 4) is 0 Å². The first-order valence-electron chi connectivity index (χ1n) is 9.02. The molecule has 1 fully saturated rings. The first kappa shape index (κ1) is 16.6. The molecule has 0 aromatic rings. The van der Waals surface area contributed by atoms with E-state index in [2.05, 4.69) is 51.3 Å². The molecule has 1 nitrogen and oxygen atoms in total. The van der Waals surface area contributed by atoms with E-state index in [0.717, 1.165) is 17.8 Å². The highest BCUT2D eigenvalue weighted by atomic mass is 15.1. The lowest BCUT2D eigenvalue weighted by Crippen LogP contribution is -2.32. The van der Waals surface area contributed by atoms with Crippen LogP contribution in [-0.4, -0.2) is 18.0 Å². The highest BCUT2D eigenvalue weighted by molar-refractivity contribution is 5.07. The average molecular weight is 290 g/mol. The number of unbranched alkanes of at least 4 members (excludes halogenated alkanes) is 1. The second-order valence-electron chi connectivity index (χ2n) is 8.20. The summed E-state index contributed by atoms with van der Waals surface area (Å²) in [6.45, 7) is 16.0. The molecule has 3 atom stereocenters. The fraction of sp³-hybridized carbons (Fsp3) is 0.800. The standard InChI is InChI=1S/C20H35N/c1-6-7-13-21(16(2)20(3,4)5)15-18-14-19(18)17-11-9-8-10-12-17/h8-9,17-19H,2,6-7,10-15H2,1,3-5H3. The largest absolute Gasteiger partial charge is 0.375 e. The number of nitrogens with zero attached hydrogens (tertiary/aromatic N) is 1. The van der Waals surface area contributed by atoms with Crippen LogP contribution in [0.3, 0.4) is 0 Å². The van der Waals surface area contributed by atoms with Gasteiger partial charge in [0.25, 0.3) is 0 Å². The van der Waals surface area contributed by atoms with Gasteiger partial charge in [0.2, 0.25) is 0 Å². The van der Waals surface area contributed by atoms with Crippen LogP contribution in [0.4, 0.5) is 0 Å². The van der Waals surface area contributed by atoms with Gasteiger partial charge in [0.1, 0.15) is 0 Å². The van der Waals surface area contributed by atoms with Crippen LogP contribution in [0.25, 0.3) is 0 Å². The van der Waals surface area contributed by atoms with E-state index < -0.39 is 0 Å². The summed E-state index contributed by atoms with van der Waals surface area (Å²) >= 11 is 0. The molecule has 1 heteroatoms. The van der Waals surface area contributed by atoms with Gasteiger partial charge in [-0.05, 0) is 49.9 Å². The summed E-state index contributed by atoms with van der Waals surface area (Å²) in [6, 6.07) is 0. The molecular formula is C20H35N. The van der Waals surface area contributed by atoms with Crippen molar-refractivity contribution in [1.29, 1.82) is 0 Å². The zero-order chi connectivity index (χ0) is 15.5. The molecule has 0 aliphatic heterocycles. The molecule has 0 N–H and O–H groups in total. The van der Waals surface area contributed by atoms with Crippen molar-refractivity contribution in [2.75, 3.05) is 13.1 Å². The first-order chi connectivity index (χ1) is 9.93. The SMILES string of the molecule is C=C(N(CCCC)CC1CC1C1CC=CCC1)C(C)(C)C. The normalized spacial score (nSPS) is 28.5. The Hall–Kier alpha value is -0.720.